The van der Waals surface area contributed by atoms with E-state index in [1.165, 1.54) is 12.8 Å². The monoisotopic (exact) mass is 126 g/mol. The summed E-state index contributed by atoms with van der Waals surface area (Å²) < 4.78 is 0. The molecule has 0 saturated heterocycles. The zero-order valence-electron chi connectivity index (χ0n) is 7.07. The second-order valence-corrected chi connectivity index (χ2v) is 2.90. The average molecular weight is 126 g/mol. The molecule has 0 atom stereocenters. The quantitative estimate of drug-likeness (QED) is 0.508. The van der Waals surface area contributed by atoms with E-state index in [0.29, 0.717) is 0 Å². The molecule has 0 saturated carbocycles. The molecule has 0 aliphatic heterocycles. The van der Waals surface area contributed by atoms with Gasteiger partial charge < -0.3 is 0 Å². The second kappa shape index (κ2) is 4.60. The van der Waals surface area contributed by atoms with Gasteiger partial charge in [-0.3, -0.25) is 0 Å². The fraction of sp³-hybridized carbons (Fsp3) is 0.778. The van der Waals surface area contributed by atoms with Crippen LogP contribution >= 0.6 is 0 Å². The smallest absolute Gasteiger partial charge is 0.0297 e. The molecule has 0 heteroatoms. The van der Waals surface area contributed by atoms with Crippen molar-refractivity contribution in [1.29, 1.82) is 0 Å². The van der Waals surface area contributed by atoms with Crippen molar-refractivity contribution < 1.29 is 0 Å². The van der Waals surface area contributed by atoms with Crippen molar-refractivity contribution >= 4 is 0 Å². The number of hydrogen-bond donors (Lipinski definition) is 0. The van der Waals surface area contributed by atoms with Crippen molar-refractivity contribution in [1.82, 2.24) is 0 Å². The molecule has 0 bridgehead atoms. The van der Waals surface area contributed by atoms with Crippen LogP contribution in [0.1, 0.15) is 40.5 Å². The first-order chi connectivity index (χ1) is 4.20. The van der Waals surface area contributed by atoms with Crippen LogP contribution < -0.4 is 0 Å². The van der Waals surface area contributed by atoms with Crippen molar-refractivity contribution in [3.8, 4) is 0 Å². The lowest BCUT2D eigenvalue weighted by molar-refractivity contribution is 0.629. The third kappa shape index (κ3) is 4.26. The van der Waals surface area contributed by atoms with E-state index in [-0.39, 0.29) is 0 Å². The van der Waals surface area contributed by atoms with Gasteiger partial charge in [0.05, 0.1) is 0 Å². The summed E-state index contributed by atoms with van der Waals surface area (Å²) in [5.41, 5.74) is 1.59. The summed E-state index contributed by atoms with van der Waals surface area (Å²) in [5, 5.41) is 0. The van der Waals surface area contributed by atoms with Gasteiger partial charge in [-0.25, -0.2) is 0 Å². The number of rotatable bonds is 3. The topological polar surface area (TPSA) is 0 Å². The highest BCUT2D eigenvalue weighted by atomic mass is 14.0. The highest BCUT2D eigenvalue weighted by molar-refractivity contribution is 4.99. The largest absolute Gasteiger partial charge is 0.0885 e. The fourth-order valence-corrected chi connectivity index (χ4v) is 0.991. The van der Waals surface area contributed by atoms with E-state index in [2.05, 4.69) is 33.8 Å². The summed E-state index contributed by atoms with van der Waals surface area (Å²) in [4.78, 5) is 0. The van der Waals surface area contributed by atoms with Gasteiger partial charge in [-0.15, -0.1) is 0 Å². The molecule has 0 fully saturated rings. The Bertz CT molecular complexity index is 88.2. The molecule has 0 radical (unpaired) electrons. The first-order valence-corrected chi connectivity index (χ1v) is 3.84. The third-order valence-electron chi connectivity index (χ3n) is 1.53. The zero-order valence-corrected chi connectivity index (χ0v) is 7.07. The summed E-state index contributed by atoms with van der Waals surface area (Å²) in [6.07, 6.45) is 4.72. The average Bonchev–Trinajstić information content (AvgIpc) is 1.82. The Balaban J connectivity index is 3.58. The van der Waals surface area contributed by atoms with Crippen LogP contribution in [0.15, 0.2) is 11.6 Å². The highest BCUT2D eigenvalue weighted by Gasteiger charge is 1.95. The van der Waals surface area contributed by atoms with Crippen LogP contribution in [-0.2, 0) is 0 Å². The van der Waals surface area contributed by atoms with Crippen LogP contribution in [0.5, 0.6) is 0 Å². The number of hydrogen-bond acceptors (Lipinski definition) is 0. The molecule has 0 aromatic carbocycles. The minimum absolute atomic E-state index is 0.816. The van der Waals surface area contributed by atoms with Crippen LogP contribution in [0.3, 0.4) is 0 Å². The standard InChI is InChI=1S/C9H18/c1-5-9(6-2)7-8(3)4/h5,8H,6-7H2,1-4H3/b9-5+. The third-order valence-corrected chi connectivity index (χ3v) is 1.53. The van der Waals surface area contributed by atoms with E-state index in [1.54, 1.807) is 5.57 Å². The molecule has 0 aromatic rings. The lowest BCUT2D eigenvalue weighted by atomic mass is 10.0. The van der Waals surface area contributed by atoms with Crippen LogP contribution in [0.4, 0.5) is 0 Å². The van der Waals surface area contributed by atoms with Gasteiger partial charge in [-0.05, 0) is 25.7 Å². The minimum atomic E-state index is 0.816. The molecule has 0 amide bonds. The van der Waals surface area contributed by atoms with Crippen LogP contribution in [0.25, 0.3) is 0 Å². The number of allylic oxidation sites excluding steroid dienone is 2. The van der Waals surface area contributed by atoms with Gasteiger partial charge in [0.2, 0.25) is 0 Å². The van der Waals surface area contributed by atoms with E-state index in [1.807, 2.05) is 0 Å². The predicted molar refractivity (Wildman–Crippen MR) is 43.5 cm³/mol. The molecule has 9 heavy (non-hydrogen) atoms. The highest BCUT2D eigenvalue weighted by Crippen LogP contribution is 2.12. The Labute approximate surface area is 59.0 Å². The minimum Gasteiger partial charge on any atom is -0.0885 e. The van der Waals surface area contributed by atoms with E-state index in [4.69, 9.17) is 0 Å². The molecular weight excluding hydrogens is 108 g/mol. The summed E-state index contributed by atoms with van der Waals surface area (Å²) >= 11 is 0. The van der Waals surface area contributed by atoms with Crippen molar-refractivity contribution in [2.45, 2.75) is 40.5 Å². The molecule has 0 aromatic heterocycles. The summed E-state index contributed by atoms with van der Waals surface area (Å²) in [5.74, 6) is 0.816. The van der Waals surface area contributed by atoms with Crippen molar-refractivity contribution in [2.75, 3.05) is 0 Å². The van der Waals surface area contributed by atoms with E-state index < -0.39 is 0 Å². The molecule has 0 N–H and O–H groups in total. The predicted octanol–water partition coefficient (Wildman–Crippen LogP) is 3.39. The zero-order chi connectivity index (χ0) is 7.28. The van der Waals surface area contributed by atoms with Gasteiger partial charge in [0.1, 0.15) is 0 Å². The summed E-state index contributed by atoms with van der Waals surface area (Å²) in [7, 11) is 0. The Morgan fingerprint density at radius 3 is 2.11 bits per heavy atom. The fourth-order valence-electron chi connectivity index (χ4n) is 0.991. The Hall–Kier alpha value is -0.260. The van der Waals surface area contributed by atoms with Gasteiger partial charge in [0.25, 0.3) is 0 Å². The van der Waals surface area contributed by atoms with Gasteiger partial charge in [-0.2, -0.15) is 0 Å². The molecule has 54 valence electrons. The van der Waals surface area contributed by atoms with Gasteiger partial charge >= 0.3 is 0 Å². The molecule has 0 unspecified atom stereocenters. The molecule has 0 nitrogen and oxygen atoms in total. The van der Waals surface area contributed by atoms with Gasteiger partial charge in [0.15, 0.2) is 0 Å². The Morgan fingerprint density at radius 2 is 2.00 bits per heavy atom. The molecular formula is C9H18. The first-order valence-electron chi connectivity index (χ1n) is 3.84. The molecule has 0 aliphatic carbocycles. The maximum absolute atomic E-state index is 2.26. The second-order valence-electron chi connectivity index (χ2n) is 2.90. The van der Waals surface area contributed by atoms with Crippen molar-refractivity contribution in [2.24, 2.45) is 5.92 Å². The van der Waals surface area contributed by atoms with Crippen LogP contribution in [0.2, 0.25) is 0 Å². The van der Waals surface area contributed by atoms with E-state index in [9.17, 15) is 0 Å². The van der Waals surface area contributed by atoms with E-state index >= 15 is 0 Å². The first kappa shape index (κ1) is 8.74. The normalized spacial score (nSPS) is 12.8. The summed E-state index contributed by atoms with van der Waals surface area (Å²) in [6.45, 7) is 8.87. The van der Waals surface area contributed by atoms with Crippen LogP contribution in [-0.4, -0.2) is 0 Å². The van der Waals surface area contributed by atoms with E-state index in [0.717, 1.165) is 5.92 Å². The molecule has 0 spiro atoms. The lowest BCUT2D eigenvalue weighted by Crippen LogP contribution is -1.89. The van der Waals surface area contributed by atoms with Gasteiger partial charge in [0, 0.05) is 0 Å². The van der Waals surface area contributed by atoms with Crippen LogP contribution in [0, 0.1) is 5.92 Å². The Morgan fingerprint density at radius 1 is 1.44 bits per heavy atom. The summed E-state index contributed by atoms with van der Waals surface area (Å²) in [6, 6.07) is 0. The van der Waals surface area contributed by atoms with Crippen molar-refractivity contribution in [3.05, 3.63) is 11.6 Å². The van der Waals surface area contributed by atoms with Gasteiger partial charge in [-0.1, -0.05) is 32.4 Å². The van der Waals surface area contributed by atoms with Crippen molar-refractivity contribution in [3.63, 3.8) is 0 Å². The molecule has 0 heterocycles. The lowest BCUT2D eigenvalue weighted by Gasteiger charge is -2.05. The maximum Gasteiger partial charge on any atom is -0.0297 e. The molecule has 0 aliphatic rings. The SMILES string of the molecule is C/C=C(\CC)CC(C)C. The Kier molecular flexibility index (Phi) is 4.47. The molecule has 0 rings (SSSR count). The maximum atomic E-state index is 2.26.